The summed E-state index contributed by atoms with van der Waals surface area (Å²) in [4.78, 5) is 16.3. The van der Waals surface area contributed by atoms with E-state index in [1.165, 1.54) is 70.6 Å². The SMILES string of the molecule is C1=Nc2c(nc(N3CCNCC3)nc2NCc2cn(CCCCCCCC3CCCCC3)nn2)C1. The Balaban J connectivity index is 1.04. The summed E-state index contributed by atoms with van der Waals surface area (Å²) in [6.45, 7) is 5.30. The Morgan fingerprint density at radius 2 is 1.80 bits per heavy atom. The van der Waals surface area contributed by atoms with Crippen LogP contribution in [0.1, 0.15) is 82.0 Å². The van der Waals surface area contributed by atoms with Gasteiger partial charge in [-0.2, -0.15) is 4.98 Å². The van der Waals surface area contributed by atoms with Crippen molar-refractivity contribution in [2.75, 3.05) is 36.4 Å². The summed E-state index contributed by atoms with van der Waals surface area (Å²) in [5.41, 5.74) is 2.79. The number of hydrogen-bond acceptors (Lipinski definition) is 8. The molecule has 0 amide bonds. The Morgan fingerprint density at radius 1 is 0.971 bits per heavy atom. The van der Waals surface area contributed by atoms with Gasteiger partial charge in [-0.3, -0.25) is 9.67 Å². The number of anilines is 2. The van der Waals surface area contributed by atoms with Crippen molar-refractivity contribution in [3.05, 3.63) is 17.6 Å². The molecule has 2 aliphatic heterocycles. The lowest BCUT2D eigenvalue weighted by Gasteiger charge is -2.28. The molecule has 3 aliphatic rings. The summed E-state index contributed by atoms with van der Waals surface area (Å²) < 4.78 is 1.98. The fourth-order valence-electron chi connectivity index (χ4n) is 5.54. The number of nitrogens with one attached hydrogen (secondary N) is 2. The fourth-order valence-corrected chi connectivity index (χ4v) is 5.54. The largest absolute Gasteiger partial charge is 0.362 e. The average Bonchev–Trinajstić information content (AvgIpc) is 3.57. The van der Waals surface area contributed by atoms with Crippen LogP contribution in [-0.2, 0) is 19.5 Å². The van der Waals surface area contributed by atoms with Gasteiger partial charge in [0.05, 0.1) is 18.4 Å². The van der Waals surface area contributed by atoms with E-state index in [1.54, 1.807) is 0 Å². The second-order valence-electron chi connectivity index (χ2n) is 10.3. The van der Waals surface area contributed by atoms with Gasteiger partial charge in [0.1, 0.15) is 11.4 Å². The van der Waals surface area contributed by atoms with Gasteiger partial charge >= 0.3 is 0 Å². The molecule has 0 unspecified atom stereocenters. The maximum atomic E-state index is 4.81. The molecule has 2 N–H and O–H groups in total. The smallest absolute Gasteiger partial charge is 0.227 e. The number of aryl methyl sites for hydroxylation is 1. The lowest BCUT2D eigenvalue weighted by molar-refractivity contribution is 0.327. The second kappa shape index (κ2) is 12.4. The van der Waals surface area contributed by atoms with E-state index in [2.05, 4.69) is 37.0 Å². The molecule has 2 aromatic heterocycles. The molecule has 2 fully saturated rings. The van der Waals surface area contributed by atoms with Gasteiger partial charge in [-0.05, 0) is 12.3 Å². The number of hydrogen-bond donors (Lipinski definition) is 2. The second-order valence-corrected chi connectivity index (χ2v) is 10.3. The predicted octanol–water partition coefficient (Wildman–Crippen LogP) is 4.27. The molecule has 1 aliphatic carbocycles. The summed E-state index contributed by atoms with van der Waals surface area (Å²) in [6, 6.07) is 0. The molecule has 5 rings (SSSR count). The fraction of sp³-hybridized carbons (Fsp3) is 0.731. The number of aliphatic imine (C=N–C) groups is 1. The van der Waals surface area contributed by atoms with Crippen LogP contribution in [-0.4, -0.2) is 57.4 Å². The average molecular weight is 480 g/mol. The van der Waals surface area contributed by atoms with Crippen molar-refractivity contribution < 1.29 is 0 Å². The molecule has 0 bridgehead atoms. The van der Waals surface area contributed by atoms with Crippen molar-refractivity contribution in [3.8, 4) is 0 Å². The van der Waals surface area contributed by atoms with Crippen molar-refractivity contribution in [3.63, 3.8) is 0 Å². The molecule has 0 radical (unpaired) electrons. The van der Waals surface area contributed by atoms with Gasteiger partial charge in [0.2, 0.25) is 5.95 Å². The van der Waals surface area contributed by atoms with Crippen molar-refractivity contribution >= 4 is 23.7 Å². The van der Waals surface area contributed by atoms with Gasteiger partial charge < -0.3 is 15.5 Å². The van der Waals surface area contributed by atoms with Gasteiger partial charge in [-0.15, -0.1) is 5.10 Å². The zero-order chi connectivity index (χ0) is 23.7. The zero-order valence-corrected chi connectivity index (χ0v) is 21.1. The Bertz CT molecular complexity index is 958. The van der Waals surface area contributed by atoms with E-state index in [4.69, 9.17) is 9.97 Å². The molecule has 9 nitrogen and oxygen atoms in total. The lowest BCUT2D eigenvalue weighted by Crippen LogP contribution is -2.44. The van der Waals surface area contributed by atoms with E-state index >= 15 is 0 Å². The van der Waals surface area contributed by atoms with Gasteiger partial charge in [-0.25, -0.2) is 4.98 Å². The van der Waals surface area contributed by atoms with Crippen LogP contribution in [0.3, 0.4) is 0 Å². The van der Waals surface area contributed by atoms with Gasteiger partial charge in [0.25, 0.3) is 0 Å². The topological polar surface area (TPSA) is 96.2 Å². The van der Waals surface area contributed by atoms with E-state index in [9.17, 15) is 0 Å². The number of nitrogens with zero attached hydrogens (tertiary/aromatic N) is 7. The summed E-state index contributed by atoms with van der Waals surface area (Å²) in [5, 5.41) is 15.5. The molecular weight excluding hydrogens is 438 g/mol. The Labute approximate surface area is 209 Å². The van der Waals surface area contributed by atoms with Crippen LogP contribution in [0.4, 0.5) is 17.5 Å². The summed E-state index contributed by atoms with van der Waals surface area (Å²) in [5.74, 6) is 2.61. The number of aromatic nitrogens is 5. The van der Waals surface area contributed by atoms with E-state index in [0.717, 1.165) is 73.9 Å². The van der Waals surface area contributed by atoms with Crippen LogP contribution in [0, 0.1) is 5.92 Å². The number of piperazine rings is 1. The highest BCUT2D eigenvalue weighted by Gasteiger charge is 2.21. The number of rotatable bonds is 12. The zero-order valence-electron chi connectivity index (χ0n) is 21.1. The Morgan fingerprint density at radius 3 is 2.69 bits per heavy atom. The first-order valence-electron chi connectivity index (χ1n) is 13.9. The maximum Gasteiger partial charge on any atom is 0.227 e. The van der Waals surface area contributed by atoms with Crippen LogP contribution < -0.4 is 15.5 Å². The normalized spacial score (nSPS) is 18.2. The van der Waals surface area contributed by atoms with Crippen molar-refractivity contribution in [2.24, 2.45) is 10.9 Å². The van der Waals surface area contributed by atoms with Crippen molar-refractivity contribution in [1.29, 1.82) is 0 Å². The minimum atomic E-state index is 0.584. The first kappa shape index (κ1) is 24.2. The standard InChI is InChI=1S/C26H41N9/c1(2-5-9-21-10-6-4-7-11-21)3-8-16-35-20-22(32-33-35)19-29-25-24-23(12-13-28-24)30-26(31-25)34-17-14-27-15-18-34/h13,20-21,27H,1-12,14-19H2,(H,29,30,31). The Kier molecular flexibility index (Phi) is 8.57. The molecule has 2 aromatic rings. The van der Waals surface area contributed by atoms with E-state index < -0.39 is 0 Å². The van der Waals surface area contributed by atoms with Gasteiger partial charge in [0.15, 0.2) is 5.82 Å². The molecule has 0 aromatic carbocycles. The van der Waals surface area contributed by atoms with Gasteiger partial charge in [0, 0.05) is 45.4 Å². The van der Waals surface area contributed by atoms with Crippen molar-refractivity contribution in [2.45, 2.75) is 90.1 Å². The van der Waals surface area contributed by atoms with Gasteiger partial charge in [-0.1, -0.05) is 69.4 Å². The summed E-state index contributed by atoms with van der Waals surface area (Å²) in [7, 11) is 0. The number of fused-ring (bicyclic) bond motifs is 1. The molecule has 0 spiro atoms. The first-order valence-corrected chi connectivity index (χ1v) is 13.9. The van der Waals surface area contributed by atoms with Crippen LogP contribution >= 0.6 is 0 Å². The Hall–Kier alpha value is -2.55. The van der Waals surface area contributed by atoms with E-state index in [-0.39, 0.29) is 0 Å². The van der Waals surface area contributed by atoms with E-state index in [1.807, 2.05) is 10.9 Å². The molecule has 190 valence electrons. The maximum absolute atomic E-state index is 4.81. The minimum absolute atomic E-state index is 0.584. The third-order valence-electron chi connectivity index (χ3n) is 7.60. The van der Waals surface area contributed by atoms with Crippen molar-refractivity contribution in [1.82, 2.24) is 30.3 Å². The van der Waals surface area contributed by atoms with Crippen LogP contribution in [0.5, 0.6) is 0 Å². The molecule has 1 saturated carbocycles. The van der Waals surface area contributed by atoms with Crippen LogP contribution in [0.15, 0.2) is 11.2 Å². The van der Waals surface area contributed by atoms with E-state index in [0.29, 0.717) is 6.54 Å². The molecular formula is C26H41N9. The molecule has 1 saturated heterocycles. The predicted molar refractivity (Wildman–Crippen MR) is 141 cm³/mol. The quantitative estimate of drug-likeness (QED) is 0.439. The minimum Gasteiger partial charge on any atom is -0.362 e. The van der Waals surface area contributed by atoms with Crippen LogP contribution in [0.2, 0.25) is 0 Å². The van der Waals surface area contributed by atoms with Crippen LogP contribution in [0.25, 0.3) is 0 Å². The lowest BCUT2D eigenvalue weighted by atomic mass is 9.85. The summed E-state index contributed by atoms with van der Waals surface area (Å²) >= 11 is 0. The highest BCUT2D eigenvalue weighted by atomic mass is 15.4. The molecule has 9 heteroatoms. The first-order chi connectivity index (χ1) is 17.3. The molecule has 35 heavy (non-hydrogen) atoms. The third-order valence-corrected chi connectivity index (χ3v) is 7.60. The molecule has 0 atom stereocenters. The monoisotopic (exact) mass is 479 g/mol. The number of unbranched alkanes of at least 4 members (excludes halogenated alkanes) is 4. The third kappa shape index (κ3) is 6.78. The highest BCUT2D eigenvalue weighted by molar-refractivity contribution is 5.81. The highest BCUT2D eigenvalue weighted by Crippen LogP contribution is 2.32. The summed E-state index contributed by atoms with van der Waals surface area (Å²) in [6.07, 6.45) is 20.1. The molecule has 4 heterocycles.